The number of nitrogens with two attached hydrogens (primary N) is 1. The lowest BCUT2D eigenvalue weighted by atomic mass is 10.0. The van der Waals surface area contributed by atoms with Crippen molar-refractivity contribution in [3.8, 4) is 5.75 Å². The van der Waals surface area contributed by atoms with E-state index in [1.807, 2.05) is 30.3 Å². The summed E-state index contributed by atoms with van der Waals surface area (Å²) >= 11 is 0. The maximum Gasteiger partial charge on any atom is 0.338 e. The van der Waals surface area contributed by atoms with Crippen LogP contribution in [0.15, 0.2) is 42.5 Å². The Hall–Kier alpha value is -2.82. The van der Waals surface area contributed by atoms with E-state index in [4.69, 9.17) is 15.2 Å². The quantitative estimate of drug-likeness (QED) is 0.522. The lowest BCUT2D eigenvalue weighted by Gasteiger charge is -2.13. The van der Waals surface area contributed by atoms with Gasteiger partial charge in [0.15, 0.2) is 5.78 Å². The van der Waals surface area contributed by atoms with E-state index in [-0.39, 0.29) is 16.9 Å². The number of hydrogen-bond acceptors (Lipinski definition) is 5. The number of Topliss-reactive ketones (excluding diaryl/α,β-unsaturated/α-hetero) is 1. The highest BCUT2D eigenvalue weighted by atomic mass is 16.5. The average Bonchev–Trinajstić information content (AvgIpc) is 2.53. The van der Waals surface area contributed by atoms with E-state index < -0.39 is 5.97 Å². The summed E-state index contributed by atoms with van der Waals surface area (Å²) in [5, 5.41) is 0. The Morgan fingerprint density at radius 1 is 1.09 bits per heavy atom. The van der Waals surface area contributed by atoms with Gasteiger partial charge in [-0.3, -0.25) is 4.79 Å². The third kappa shape index (κ3) is 3.44. The SMILES string of the molecule is COC(=O)c1cc(OCc2ccccc2)c(N)cc1C(C)=O. The van der Waals surface area contributed by atoms with Gasteiger partial charge in [0.2, 0.25) is 0 Å². The van der Waals surface area contributed by atoms with Gasteiger partial charge in [0, 0.05) is 5.56 Å². The second kappa shape index (κ2) is 6.76. The summed E-state index contributed by atoms with van der Waals surface area (Å²) in [5.74, 6) is -0.522. The van der Waals surface area contributed by atoms with Gasteiger partial charge in [-0.15, -0.1) is 0 Å². The minimum Gasteiger partial charge on any atom is -0.487 e. The molecule has 0 aliphatic rings. The van der Waals surface area contributed by atoms with Gasteiger partial charge in [-0.05, 0) is 24.6 Å². The summed E-state index contributed by atoms with van der Waals surface area (Å²) in [7, 11) is 1.26. The van der Waals surface area contributed by atoms with E-state index in [2.05, 4.69) is 0 Å². The van der Waals surface area contributed by atoms with Crippen LogP contribution in [-0.4, -0.2) is 18.9 Å². The van der Waals surface area contributed by atoms with Gasteiger partial charge in [0.25, 0.3) is 0 Å². The predicted octanol–water partition coefficient (Wildman–Crippen LogP) is 2.84. The number of nitrogen functional groups attached to an aromatic ring is 1. The van der Waals surface area contributed by atoms with Crippen molar-refractivity contribution in [1.29, 1.82) is 0 Å². The van der Waals surface area contributed by atoms with Gasteiger partial charge in [-0.25, -0.2) is 4.79 Å². The van der Waals surface area contributed by atoms with Crippen LogP contribution in [-0.2, 0) is 11.3 Å². The molecule has 0 aliphatic carbocycles. The fraction of sp³-hybridized carbons (Fsp3) is 0.176. The number of ketones is 1. The van der Waals surface area contributed by atoms with E-state index in [1.165, 1.54) is 26.2 Å². The van der Waals surface area contributed by atoms with Crippen molar-refractivity contribution in [3.63, 3.8) is 0 Å². The molecule has 5 heteroatoms. The molecule has 2 aromatic carbocycles. The highest BCUT2D eigenvalue weighted by Crippen LogP contribution is 2.28. The van der Waals surface area contributed by atoms with Crippen LogP contribution in [0, 0.1) is 0 Å². The Morgan fingerprint density at radius 3 is 2.36 bits per heavy atom. The van der Waals surface area contributed by atoms with Gasteiger partial charge in [0.1, 0.15) is 12.4 Å². The summed E-state index contributed by atoms with van der Waals surface area (Å²) in [6.45, 7) is 1.68. The number of benzene rings is 2. The average molecular weight is 299 g/mol. The maximum atomic E-state index is 11.8. The van der Waals surface area contributed by atoms with Gasteiger partial charge >= 0.3 is 5.97 Å². The Morgan fingerprint density at radius 2 is 1.77 bits per heavy atom. The molecule has 2 aromatic rings. The summed E-state index contributed by atoms with van der Waals surface area (Å²) in [4.78, 5) is 23.4. The van der Waals surface area contributed by atoms with Crippen LogP contribution in [0.5, 0.6) is 5.75 Å². The largest absolute Gasteiger partial charge is 0.487 e. The summed E-state index contributed by atoms with van der Waals surface area (Å²) < 4.78 is 10.3. The fourth-order valence-corrected chi connectivity index (χ4v) is 2.03. The van der Waals surface area contributed by atoms with E-state index >= 15 is 0 Å². The monoisotopic (exact) mass is 299 g/mol. The van der Waals surface area contributed by atoms with Crippen LogP contribution >= 0.6 is 0 Å². The molecular weight excluding hydrogens is 282 g/mol. The number of esters is 1. The van der Waals surface area contributed by atoms with Gasteiger partial charge in [-0.1, -0.05) is 30.3 Å². The first-order valence-corrected chi connectivity index (χ1v) is 6.72. The number of methoxy groups -OCH3 is 1. The van der Waals surface area contributed by atoms with Crippen molar-refractivity contribution >= 4 is 17.4 Å². The standard InChI is InChI=1S/C17H17NO4/c1-11(19)13-8-15(18)16(9-14(13)17(20)21-2)22-10-12-6-4-3-5-7-12/h3-9H,10,18H2,1-2H3. The Bertz CT molecular complexity index is 695. The highest BCUT2D eigenvalue weighted by molar-refractivity contribution is 6.06. The molecule has 0 bridgehead atoms. The van der Waals surface area contributed by atoms with Crippen molar-refractivity contribution in [1.82, 2.24) is 0 Å². The van der Waals surface area contributed by atoms with Crippen molar-refractivity contribution in [2.45, 2.75) is 13.5 Å². The number of hydrogen-bond donors (Lipinski definition) is 1. The minimum atomic E-state index is -0.602. The first-order chi connectivity index (χ1) is 10.5. The first kappa shape index (κ1) is 15.6. The van der Waals surface area contributed by atoms with Crippen LogP contribution in [0.25, 0.3) is 0 Å². The molecule has 0 aliphatic heterocycles. The molecule has 22 heavy (non-hydrogen) atoms. The smallest absolute Gasteiger partial charge is 0.338 e. The van der Waals surface area contributed by atoms with E-state index in [1.54, 1.807) is 0 Å². The zero-order chi connectivity index (χ0) is 16.1. The zero-order valence-electron chi connectivity index (χ0n) is 12.5. The van der Waals surface area contributed by atoms with Crippen LogP contribution in [0.2, 0.25) is 0 Å². The topological polar surface area (TPSA) is 78.6 Å². The van der Waals surface area contributed by atoms with Crippen LogP contribution in [0.4, 0.5) is 5.69 Å². The molecule has 0 aromatic heterocycles. The van der Waals surface area contributed by atoms with Crippen LogP contribution in [0.1, 0.15) is 33.2 Å². The second-order valence-corrected chi connectivity index (χ2v) is 4.76. The summed E-state index contributed by atoms with van der Waals surface area (Å²) in [6, 6.07) is 12.4. The number of rotatable bonds is 5. The third-order valence-corrected chi connectivity index (χ3v) is 3.17. The Kier molecular flexibility index (Phi) is 4.78. The third-order valence-electron chi connectivity index (χ3n) is 3.17. The Labute approximate surface area is 128 Å². The molecule has 0 fully saturated rings. The fourth-order valence-electron chi connectivity index (χ4n) is 2.03. The second-order valence-electron chi connectivity index (χ2n) is 4.76. The molecule has 114 valence electrons. The van der Waals surface area contributed by atoms with Gasteiger partial charge in [0.05, 0.1) is 18.4 Å². The molecular formula is C17H17NO4. The molecule has 2 rings (SSSR count). The molecule has 5 nitrogen and oxygen atoms in total. The van der Waals surface area contributed by atoms with E-state index in [0.717, 1.165) is 5.56 Å². The molecule has 0 spiro atoms. The molecule has 0 saturated carbocycles. The van der Waals surface area contributed by atoms with Crippen molar-refractivity contribution < 1.29 is 19.1 Å². The molecule has 0 radical (unpaired) electrons. The highest BCUT2D eigenvalue weighted by Gasteiger charge is 2.18. The number of anilines is 1. The molecule has 2 N–H and O–H groups in total. The number of carbonyl (C=O) groups excluding carboxylic acids is 2. The predicted molar refractivity (Wildman–Crippen MR) is 83.0 cm³/mol. The number of ether oxygens (including phenoxy) is 2. The first-order valence-electron chi connectivity index (χ1n) is 6.72. The molecule has 0 amide bonds. The zero-order valence-corrected chi connectivity index (χ0v) is 12.5. The van der Waals surface area contributed by atoms with E-state index in [0.29, 0.717) is 18.0 Å². The molecule has 0 atom stereocenters. The molecule has 0 saturated heterocycles. The summed E-state index contributed by atoms with van der Waals surface area (Å²) in [6.07, 6.45) is 0. The maximum absolute atomic E-state index is 11.8. The van der Waals surface area contributed by atoms with Crippen molar-refractivity contribution in [3.05, 3.63) is 59.2 Å². The lowest BCUT2D eigenvalue weighted by Crippen LogP contribution is -2.11. The van der Waals surface area contributed by atoms with Crippen molar-refractivity contribution in [2.24, 2.45) is 0 Å². The van der Waals surface area contributed by atoms with Gasteiger partial charge < -0.3 is 15.2 Å². The number of carbonyl (C=O) groups is 2. The molecule has 0 heterocycles. The van der Waals surface area contributed by atoms with Gasteiger partial charge in [-0.2, -0.15) is 0 Å². The lowest BCUT2D eigenvalue weighted by molar-refractivity contribution is 0.0596. The Balaban J connectivity index is 2.32. The van der Waals surface area contributed by atoms with Crippen molar-refractivity contribution in [2.75, 3.05) is 12.8 Å². The summed E-state index contributed by atoms with van der Waals surface area (Å²) in [5.41, 5.74) is 7.54. The molecule has 0 unspecified atom stereocenters. The van der Waals surface area contributed by atoms with Crippen LogP contribution < -0.4 is 10.5 Å². The minimum absolute atomic E-state index is 0.146. The normalized spacial score (nSPS) is 10.1. The van der Waals surface area contributed by atoms with Crippen LogP contribution in [0.3, 0.4) is 0 Å². The van der Waals surface area contributed by atoms with E-state index in [9.17, 15) is 9.59 Å².